The van der Waals surface area contributed by atoms with E-state index >= 15 is 0 Å². The summed E-state index contributed by atoms with van der Waals surface area (Å²) in [6.45, 7) is 2.96. The average Bonchev–Trinajstić information content (AvgIpc) is 3.15. The van der Waals surface area contributed by atoms with Crippen LogP contribution in [0.15, 0.2) is 47.1 Å². The molecule has 1 aliphatic heterocycles. The Bertz CT molecular complexity index is 664. The predicted octanol–water partition coefficient (Wildman–Crippen LogP) is 3.38. The van der Waals surface area contributed by atoms with Gasteiger partial charge >= 0.3 is 0 Å². The second-order valence-corrected chi connectivity index (χ2v) is 6.62. The first-order valence-electron chi connectivity index (χ1n) is 8.98. The number of likely N-dealkylation sites (tertiary alicyclic amines) is 1. The van der Waals surface area contributed by atoms with E-state index in [4.69, 9.17) is 4.42 Å². The van der Waals surface area contributed by atoms with E-state index < -0.39 is 0 Å². The molecule has 1 saturated heterocycles. The smallest absolute Gasteiger partial charge is 0.223 e. The lowest BCUT2D eigenvalue weighted by Crippen LogP contribution is -2.40. The topological polar surface area (TPSA) is 45.5 Å². The normalized spacial score (nSPS) is 16.0. The lowest BCUT2D eigenvalue weighted by atomic mass is 9.95. The zero-order chi connectivity index (χ0) is 17.5. The van der Waals surface area contributed by atoms with Crippen molar-refractivity contribution in [1.82, 2.24) is 10.2 Å². The molecule has 3 rings (SSSR count). The van der Waals surface area contributed by atoms with Crippen LogP contribution in [0.2, 0.25) is 0 Å². The number of carbonyl (C=O) groups excluding carboxylic acids is 1. The van der Waals surface area contributed by atoms with Crippen LogP contribution in [0.4, 0.5) is 4.39 Å². The molecule has 0 unspecified atom stereocenters. The number of hydrogen-bond acceptors (Lipinski definition) is 3. The third kappa shape index (κ3) is 5.16. The van der Waals surface area contributed by atoms with Crippen LogP contribution < -0.4 is 5.32 Å². The van der Waals surface area contributed by atoms with Crippen LogP contribution in [-0.2, 0) is 17.8 Å². The number of furan rings is 1. The summed E-state index contributed by atoms with van der Waals surface area (Å²) in [7, 11) is 0. The number of aryl methyl sites for hydroxylation is 1. The van der Waals surface area contributed by atoms with Gasteiger partial charge in [0.15, 0.2) is 0 Å². The highest BCUT2D eigenvalue weighted by atomic mass is 19.1. The molecule has 1 amide bonds. The molecule has 4 nitrogen and oxygen atoms in total. The molecule has 2 heterocycles. The number of amides is 1. The molecule has 1 aliphatic rings. The third-order valence-corrected chi connectivity index (χ3v) is 4.79. The summed E-state index contributed by atoms with van der Waals surface area (Å²) >= 11 is 0. The van der Waals surface area contributed by atoms with Gasteiger partial charge < -0.3 is 9.73 Å². The molecule has 0 spiro atoms. The lowest BCUT2D eigenvalue weighted by molar-refractivity contribution is -0.126. The van der Waals surface area contributed by atoms with Crippen LogP contribution in [0.5, 0.6) is 0 Å². The zero-order valence-electron chi connectivity index (χ0n) is 14.4. The Morgan fingerprint density at radius 1 is 1.20 bits per heavy atom. The second-order valence-electron chi connectivity index (χ2n) is 6.62. The fraction of sp³-hybridized carbons (Fsp3) is 0.450. The molecular weight excluding hydrogens is 319 g/mol. The van der Waals surface area contributed by atoms with Gasteiger partial charge in [-0.15, -0.1) is 0 Å². The van der Waals surface area contributed by atoms with E-state index in [-0.39, 0.29) is 17.6 Å². The van der Waals surface area contributed by atoms with Gasteiger partial charge in [0, 0.05) is 31.0 Å². The van der Waals surface area contributed by atoms with E-state index in [1.807, 2.05) is 24.3 Å². The highest BCUT2D eigenvalue weighted by molar-refractivity contribution is 5.78. The summed E-state index contributed by atoms with van der Waals surface area (Å²) in [6.07, 6.45) is 5.06. The summed E-state index contributed by atoms with van der Waals surface area (Å²) in [5.41, 5.74) is 0.725. The molecular formula is C20H25FN2O2. The van der Waals surface area contributed by atoms with Crippen molar-refractivity contribution in [2.75, 3.05) is 19.6 Å². The summed E-state index contributed by atoms with van der Waals surface area (Å²) in [6, 6.07) is 10.7. The van der Waals surface area contributed by atoms with Crippen molar-refractivity contribution in [3.05, 3.63) is 59.8 Å². The number of piperidine rings is 1. The summed E-state index contributed by atoms with van der Waals surface area (Å²) in [4.78, 5) is 14.5. The molecule has 0 aliphatic carbocycles. The van der Waals surface area contributed by atoms with Crippen LogP contribution in [0.1, 0.15) is 30.6 Å². The number of benzene rings is 1. The van der Waals surface area contributed by atoms with Crippen molar-refractivity contribution in [2.45, 2.75) is 32.2 Å². The minimum atomic E-state index is -0.154. The molecule has 5 heteroatoms. The van der Waals surface area contributed by atoms with E-state index in [1.165, 1.54) is 6.07 Å². The zero-order valence-corrected chi connectivity index (χ0v) is 14.4. The first-order valence-corrected chi connectivity index (χ1v) is 8.98. The van der Waals surface area contributed by atoms with Crippen molar-refractivity contribution in [1.29, 1.82) is 0 Å². The van der Waals surface area contributed by atoms with Crippen molar-refractivity contribution >= 4 is 5.91 Å². The standard InChI is InChI=1S/C20H25FN2O2/c21-19-8-2-1-5-17(19)15-23-12-9-16(10-13-23)20(24)22-11-3-6-18-7-4-14-25-18/h1-2,4-5,7-8,14,16H,3,6,9-13,15H2,(H,22,24). The van der Waals surface area contributed by atoms with Crippen LogP contribution in [0.3, 0.4) is 0 Å². The Hall–Kier alpha value is -2.14. The number of rotatable bonds is 7. The van der Waals surface area contributed by atoms with E-state index in [0.717, 1.165) is 50.1 Å². The van der Waals surface area contributed by atoms with Crippen LogP contribution in [0, 0.1) is 11.7 Å². The Kier molecular flexibility index (Phi) is 6.23. The first kappa shape index (κ1) is 17.7. The maximum Gasteiger partial charge on any atom is 0.223 e. The number of hydrogen-bond donors (Lipinski definition) is 1. The molecule has 1 aromatic carbocycles. The van der Waals surface area contributed by atoms with Crippen LogP contribution in [-0.4, -0.2) is 30.4 Å². The first-order chi connectivity index (χ1) is 12.2. The van der Waals surface area contributed by atoms with Gasteiger partial charge in [-0.05, 0) is 50.6 Å². The molecule has 0 saturated carbocycles. The monoisotopic (exact) mass is 344 g/mol. The SMILES string of the molecule is O=C(NCCCc1ccco1)C1CCN(Cc2ccccc2F)CC1. The molecule has 0 bridgehead atoms. The molecule has 1 aromatic heterocycles. The van der Waals surface area contributed by atoms with Crippen molar-refractivity contribution in [2.24, 2.45) is 5.92 Å². The van der Waals surface area contributed by atoms with Crippen LogP contribution >= 0.6 is 0 Å². The second kappa shape index (κ2) is 8.81. The van der Waals surface area contributed by atoms with Gasteiger partial charge in [0.1, 0.15) is 11.6 Å². The van der Waals surface area contributed by atoms with Gasteiger partial charge in [-0.3, -0.25) is 9.69 Å². The highest BCUT2D eigenvalue weighted by Crippen LogP contribution is 2.20. The van der Waals surface area contributed by atoms with Crippen molar-refractivity contribution in [3.63, 3.8) is 0 Å². The third-order valence-electron chi connectivity index (χ3n) is 4.79. The molecule has 134 valence electrons. The van der Waals surface area contributed by atoms with Crippen molar-refractivity contribution < 1.29 is 13.6 Å². The average molecular weight is 344 g/mol. The lowest BCUT2D eigenvalue weighted by Gasteiger charge is -2.31. The maximum atomic E-state index is 13.7. The number of halogens is 1. The van der Waals surface area contributed by atoms with Gasteiger partial charge in [-0.1, -0.05) is 18.2 Å². The van der Waals surface area contributed by atoms with Gasteiger partial charge in [-0.25, -0.2) is 4.39 Å². The van der Waals surface area contributed by atoms with Gasteiger partial charge in [0.2, 0.25) is 5.91 Å². The van der Waals surface area contributed by atoms with Gasteiger partial charge in [0.05, 0.1) is 6.26 Å². The van der Waals surface area contributed by atoms with Crippen LogP contribution in [0.25, 0.3) is 0 Å². The molecule has 0 atom stereocenters. The number of nitrogens with one attached hydrogen (secondary N) is 1. The molecule has 1 N–H and O–H groups in total. The Morgan fingerprint density at radius 2 is 2.00 bits per heavy atom. The predicted molar refractivity (Wildman–Crippen MR) is 94.4 cm³/mol. The molecule has 1 fully saturated rings. The molecule has 2 aromatic rings. The fourth-order valence-electron chi connectivity index (χ4n) is 3.29. The number of carbonyl (C=O) groups is 1. The molecule has 25 heavy (non-hydrogen) atoms. The van der Waals surface area contributed by atoms with E-state index in [9.17, 15) is 9.18 Å². The quantitative estimate of drug-likeness (QED) is 0.783. The Morgan fingerprint density at radius 3 is 2.72 bits per heavy atom. The Labute approximate surface area is 148 Å². The fourth-order valence-corrected chi connectivity index (χ4v) is 3.29. The summed E-state index contributed by atoms with van der Waals surface area (Å²) in [5.74, 6) is 1.01. The van der Waals surface area contributed by atoms with E-state index in [2.05, 4.69) is 10.2 Å². The largest absolute Gasteiger partial charge is 0.469 e. The van der Waals surface area contributed by atoms with E-state index in [0.29, 0.717) is 13.1 Å². The summed E-state index contributed by atoms with van der Waals surface area (Å²) < 4.78 is 19.0. The van der Waals surface area contributed by atoms with Gasteiger partial charge in [-0.2, -0.15) is 0 Å². The van der Waals surface area contributed by atoms with Gasteiger partial charge in [0.25, 0.3) is 0 Å². The minimum absolute atomic E-state index is 0.0699. The van der Waals surface area contributed by atoms with Crippen molar-refractivity contribution in [3.8, 4) is 0 Å². The minimum Gasteiger partial charge on any atom is -0.469 e. The summed E-state index contributed by atoms with van der Waals surface area (Å²) in [5, 5.41) is 3.03. The van der Waals surface area contributed by atoms with E-state index in [1.54, 1.807) is 12.3 Å². The highest BCUT2D eigenvalue weighted by Gasteiger charge is 2.25. The maximum absolute atomic E-state index is 13.7. The molecule has 0 radical (unpaired) electrons. The Balaban J connectivity index is 1.35. The number of nitrogens with zero attached hydrogens (tertiary/aromatic N) is 1.